The van der Waals surface area contributed by atoms with Crippen LogP contribution in [0.2, 0.25) is 0 Å². The van der Waals surface area contributed by atoms with Gasteiger partial charge in [0.1, 0.15) is 0 Å². The Morgan fingerprint density at radius 1 is 1.25 bits per heavy atom. The van der Waals surface area contributed by atoms with E-state index in [0.717, 1.165) is 19.6 Å². The summed E-state index contributed by atoms with van der Waals surface area (Å²) in [6.45, 7) is 6.31. The van der Waals surface area contributed by atoms with Crippen LogP contribution in [0.5, 0.6) is 0 Å². The standard InChI is InChI=1S/C14H23NO/c1-12-5-7-14(8-6-12)15(3)11-13(2)9-10-16-4/h5-8,13H,9-11H2,1-4H3. The van der Waals surface area contributed by atoms with Crippen LogP contribution in [0, 0.1) is 12.8 Å². The summed E-state index contributed by atoms with van der Waals surface area (Å²) in [5, 5.41) is 0. The quantitative estimate of drug-likeness (QED) is 0.732. The molecule has 1 aromatic rings. The van der Waals surface area contributed by atoms with Crippen molar-refractivity contribution in [3.63, 3.8) is 0 Å². The summed E-state index contributed by atoms with van der Waals surface area (Å²) in [6.07, 6.45) is 1.12. The fraction of sp³-hybridized carbons (Fsp3) is 0.571. The molecule has 0 amide bonds. The van der Waals surface area contributed by atoms with E-state index in [9.17, 15) is 0 Å². The van der Waals surface area contributed by atoms with Crippen LogP contribution in [0.3, 0.4) is 0 Å². The Balaban J connectivity index is 2.45. The highest BCUT2D eigenvalue weighted by molar-refractivity contribution is 5.46. The molecule has 0 aliphatic rings. The van der Waals surface area contributed by atoms with Crippen molar-refractivity contribution in [2.24, 2.45) is 5.92 Å². The first-order chi connectivity index (χ1) is 7.63. The van der Waals surface area contributed by atoms with Crippen molar-refractivity contribution in [2.75, 3.05) is 32.2 Å². The molecule has 0 bridgehead atoms. The Labute approximate surface area is 99.2 Å². The lowest BCUT2D eigenvalue weighted by Gasteiger charge is -2.23. The van der Waals surface area contributed by atoms with E-state index >= 15 is 0 Å². The molecular weight excluding hydrogens is 198 g/mol. The molecule has 0 aliphatic carbocycles. The molecule has 1 rings (SSSR count). The Bertz CT molecular complexity index is 294. The highest BCUT2D eigenvalue weighted by Gasteiger charge is 2.06. The summed E-state index contributed by atoms with van der Waals surface area (Å²) < 4.78 is 5.10. The zero-order valence-electron chi connectivity index (χ0n) is 10.9. The summed E-state index contributed by atoms with van der Waals surface area (Å²) in [5.41, 5.74) is 2.60. The van der Waals surface area contributed by atoms with Crippen LogP contribution in [0.25, 0.3) is 0 Å². The molecule has 0 N–H and O–H groups in total. The van der Waals surface area contributed by atoms with Gasteiger partial charge in [0.05, 0.1) is 0 Å². The van der Waals surface area contributed by atoms with Gasteiger partial charge in [-0.25, -0.2) is 0 Å². The van der Waals surface area contributed by atoms with Gasteiger partial charge in [0.25, 0.3) is 0 Å². The first-order valence-corrected chi connectivity index (χ1v) is 5.90. The Morgan fingerprint density at radius 2 is 1.88 bits per heavy atom. The molecule has 0 fully saturated rings. The predicted molar refractivity (Wildman–Crippen MR) is 70.1 cm³/mol. The van der Waals surface area contributed by atoms with Crippen LogP contribution in [0.1, 0.15) is 18.9 Å². The van der Waals surface area contributed by atoms with E-state index in [-0.39, 0.29) is 0 Å². The first kappa shape index (κ1) is 13.0. The van der Waals surface area contributed by atoms with E-state index in [0.29, 0.717) is 5.92 Å². The average molecular weight is 221 g/mol. The summed E-state index contributed by atoms with van der Waals surface area (Å²) in [6, 6.07) is 8.67. The highest BCUT2D eigenvalue weighted by atomic mass is 16.5. The number of methoxy groups -OCH3 is 1. The van der Waals surface area contributed by atoms with Gasteiger partial charge in [0.2, 0.25) is 0 Å². The van der Waals surface area contributed by atoms with Gasteiger partial charge in [-0.2, -0.15) is 0 Å². The number of hydrogen-bond donors (Lipinski definition) is 0. The number of ether oxygens (including phenoxy) is 1. The molecule has 0 spiro atoms. The largest absolute Gasteiger partial charge is 0.385 e. The van der Waals surface area contributed by atoms with Gasteiger partial charge < -0.3 is 9.64 Å². The summed E-state index contributed by atoms with van der Waals surface area (Å²) in [7, 11) is 3.91. The molecule has 0 radical (unpaired) electrons. The monoisotopic (exact) mass is 221 g/mol. The minimum Gasteiger partial charge on any atom is -0.385 e. The fourth-order valence-electron chi connectivity index (χ4n) is 1.78. The van der Waals surface area contributed by atoms with Crippen LogP contribution in [-0.2, 0) is 4.74 Å². The smallest absolute Gasteiger partial charge is 0.0465 e. The fourth-order valence-corrected chi connectivity index (χ4v) is 1.78. The molecule has 0 saturated heterocycles. The molecule has 1 unspecified atom stereocenters. The molecule has 0 saturated carbocycles. The maximum atomic E-state index is 5.10. The van der Waals surface area contributed by atoms with Gasteiger partial charge >= 0.3 is 0 Å². The molecule has 0 heterocycles. The number of hydrogen-bond acceptors (Lipinski definition) is 2. The Hall–Kier alpha value is -1.02. The number of rotatable bonds is 6. The van der Waals surface area contributed by atoms with Crippen molar-refractivity contribution in [1.29, 1.82) is 0 Å². The third kappa shape index (κ3) is 4.23. The zero-order chi connectivity index (χ0) is 12.0. The second kappa shape index (κ2) is 6.54. The van der Waals surface area contributed by atoms with Crippen LogP contribution in [0.4, 0.5) is 5.69 Å². The van der Waals surface area contributed by atoms with Crippen LogP contribution in [-0.4, -0.2) is 27.3 Å². The van der Waals surface area contributed by atoms with E-state index in [1.165, 1.54) is 11.3 Å². The number of anilines is 1. The molecule has 1 atom stereocenters. The summed E-state index contributed by atoms with van der Waals surface area (Å²) in [4.78, 5) is 2.31. The lowest BCUT2D eigenvalue weighted by atomic mass is 10.1. The molecule has 16 heavy (non-hydrogen) atoms. The minimum absolute atomic E-state index is 0.659. The van der Waals surface area contributed by atoms with Crippen molar-refractivity contribution in [2.45, 2.75) is 20.3 Å². The molecule has 2 nitrogen and oxygen atoms in total. The van der Waals surface area contributed by atoms with E-state index in [1.807, 2.05) is 0 Å². The summed E-state index contributed by atoms with van der Waals surface area (Å²) in [5.74, 6) is 0.659. The minimum atomic E-state index is 0.659. The Kier molecular flexibility index (Phi) is 5.33. The number of aryl methyl sites for hydroxylation is 1. The van der Waals surface area contributed by atoms with Crippen LogP contribution < -0.4 is 4.90 Å². The van der Waals surface area contributed by atoms with Gasteiger partial charge in [-0.3, -0.25) is 0 Å². The summed E-state index contributed by atoms with van der Waals surface area (Å²) >= 11 is 0. The normalized spacial score (nSPS) is 12.5. The first-order valence-electron chi connectivity index (χ1n) is 5.90. The molecule has 2 heteroatoms. The van der Waals surface area contributed by atoms with E-state index in [4.69, 9.17) is 4.74 Å². The predicted octanol–water partition coefficient (Wildman–Crippen LogP) is 3.10. The van der Waals surface area contributed by atoms with E-state index < -0.39 is 0 Å². The lowest BCUT2D eigenvalue weighted by Crippen LogP contribution is -2.24. The Morgan fingerprint density at radius 3 is 2.44 bits per heavy atom. The van der Waals surface area contributed by atoms with Crippen LogP contribution in [0.15, 0.2) is 24.3 Å². The molecule has 1 aromatic carbocycles. The van der Waals surface area contributed by atoms with Crippen LogP contribution >= 0.6 is 0 Å². The molecular formula is C14H23NO. The number of benzene rings is 1. The highest BCUT2D eigenvalue weighted by Crippen LogP contribution is 2.15. The van der Waals surface area contributed by atoms with Gasteiger partial charge in [0, 0.05) is 33.0 Å². The van der Waals surface area contributed by atoms with Gasteiger partial charge in [-0.15, -0.1) is 0 Å². The molecule has 0 aliphatic heterocycles. The SMILES string of the molecule is COCCC(C)CN(C)c1ccc(C)cc1. The van der Waals surface area contributed by atoms with Crippen molar-refractivity contribution in [3.8, 4) is 0 Å². The van der Waals surface area contributed by atoms with E-state index in [1.54, 1.807) is 7.11 Å². The van der Waals surface area contributed by atoms with Crippen molar-refractivity contribution in [3.05, 3.63) is 29.8 Å². The van der Waals surface area contributed by atoms with Gasteiger partial charge in [-0.05, 0) is 31.4 Å². The maximum Gasteiger partial charge on any atom is 0.0465 e. The van der Waals surface area contributed by atoms with Crippen molar-refractivity contribution >= 4 is 5.69 Å². The maximum absolute atomic E-state index is 5.10. The second-order valence-electron chi connectivity index (χ2n) is 4.60. The molecule has 0 aromatic heterocycles. The molecule has 90 valence electrons. The van der Waals surface area contributed by atoms with E-state index in [2.05, 4.69) is 50.1 Å². The third-order valence-corrected chi connectivity index (χ3v) is 2.88. The lowest BCUT2D eigenvalue weighted by molar-refractivity contribution is 0.181. The van der Waals surface area contributed by atoms with Gasteiger partial charge in [-0.1, -0.05) is 24.6 Å². The average Bonchev–Trinajstić information content (AvgIpc) is 2.27. The third-order valence-electron chi connectivity index (χ3n) is 2.88. The second-order valence-corrected chi connectivity index (χ2v) is 4.60. The topological polar surface area (TPSA) is 12.5 Å². The number of nitrogens with zero attached hydrogens (tertiary/aromatic N) is 1. The zero-order valence-corrected chi connectivity index (χ0v) is 10.9. The van der Waals surface area contributed by atoms with Gasteiger partial charge in [0.15, 0.2) is 0 Å². The van der Waals surface area contributed by atoms with Crippen molar-refractivity contribution < 1.29 is 4.74 Å². The van der Waals surface area contributed by atoms with Crippen molar-refractivity contribution in [1.82, 2.24) is 0 Å².